The number of likely N-dealkylation sites (N-methyl/N-ethyl adjacent to an activating group) is 1. The zero-order valence-electron chi connectivity index (χ0n) is 17.0. The van der Waals surface area contributed by atoms with Crippen molar-refractivity contribution in [1.82, 2.24) is 10.3 Å². The summed E-state index contributed by atoms with van der Waals surface area (Å²) in [5.41, 5.74) is 0.00739. The molecule has 0 saturated heterocycles. The van der Waals surface area contributed by atoms with Crippen LogP contribution in [0.5, 0.6) is 11.5 Å². The van der Waals surface area contributed by atoms with Crippen molar-refractivity contribution in [1.29, 1.82) is 0 Å². The van der Waals surface area contributed by atoms with Gasteiger partial charge in [-0.05, 0) is 25.1 Å². The molecule has 0 aliphatic carbocycles. The number of hydrogen-bond donors (Lipinski definition) is 2. The quantitative estimate of drug-likeness (QED) is 0.647. The van der Waals surface area contributed by atoms with E-state index in [1.54, 1.807) is 19.1 Å². The van der Waals surface area contributed by atoms with Crippen LogP contribution in [0, 0.1) is 0 Å². The van der Waals surface area contributed by atoms with E-state index in [9.17, 15) is 9.59 Å². The molecule has 1 unspecified atom stereocenters. The number of hydrogen-bond acceptors (Lipinski definition) is 7. The van der Waals surface area contributed by atoms with Crippen molar-refractivity contribution in [3.05, 3.63) is 46.2 Å². The molecule has 31 heavy (non-hydrogen) atoms. The Hall–Kier alpha value is -3.04. The fourth-order valence-electron chi connectivity index (χ4n) is 2.89. The third-order valence-electron chi connectivity index (χ3n) is 4.54. The Balaban J connectivity index is 1.72. The molecule has 1 aliphatic heterocycles. The van der Waals surface area contributed by atoms with Crippen LogP contribution in [0.2, 0.25) is 10.0 Å². The van der Waals surface area contributed by atoms with Crippen LogP contribution in [-0.4, -0.2) is 48.9 Å². The molecule has 2 aromatic rings. The Kier molecular flexibility index (Phi) is 6.87. The molecule has 3 rings (SSSR count). The average Bonchev–Trinajstić information content (AvgIpc) is 3.16. The topological polar surface area (TPSA) is 111 Å². The number of nitrogens with one attached hydrogen (secondary N) is 2. The van der Waals surface area contributed by atoms with E-state index >= 15 is 0 Å². The van der Waals surface area contributed by atoms with E-state index in [1.807, 2.05) is 0 Å². The van der Waals surface area contributed by atoms with Crippen LogP contribution in [-0.2, 0) is 9.63 Å². The number of nitrogens with zero attached hydrogens (tertiary/aromatic N) is 2. The predicted molar refractivity (Wildman–Crippen MR) is 116 cm³/mol. The molecule has 164 valence electrons. The molecule has 0 saturated carbocycles. The molecule has 0 radical (unpaired) electrons. The van der Waals surface area contributed by atoms with Crippen molar-refractivity contribution in [2.24, 2.45) is 5.16 Å². The van der Waals surface area contributed by atoms with Crippen LogP contribution < -0.4 is 20.1 Å². The summed E-state index contributed by atoms with van der Waals surface area (Å²) in [6.45, 7) is 1.69. The van der Waals surface area contributed by atoms with Gasteiger partial charge >= 0.3 is 0 Å². The largest absolute Gasteiger partial charge is 0.493 e. The second kappa shape index (κ2) is 9.40. The molecule has 1 aliphatic rings. The number of amides is 2. The van der Waals surface area contributed by atoms with Crippen LogP contribution in [0.1, 0.15) is 23.7 Å². The van der Waals surface area contributed by atoms with Gasteiger partial charge in [0.25, 0.3) is 11.8 Å². The van der Waals surface area contributed by atoms with Crippen LogP contribution >= 0.6 is 23.2 Å². The minimum Gasteiger partial charge on any atom is -0.493 e. The first-order chi connectivity index (χ1) is 14.8. The van der Waals surface area contributed by atoms with Gasteiger partial charge in [0, 0.05) is 31.4 Å². The van der Waals surface area contributed by atoms with Gasteiger partial charge in [0.2, 0.25) is 5.60 Å². The lowest BCUT2D eigenvalue weighted by Crippen LogP contribution is -2.43. The lowest BCUT2D eigenvalue weighted by atomic mass is 9.99. The Morgan fingerprint density at radius 1 is 1.23 bits per heavy atom. The SMILES string of the molecule is CNC(=O)C1(C)CC(COc2cc(C(=O)Nc3c(Cl)cncc3Cl)ccc2OC)=NO1. The van der Waals surface area contributed by atoms with Crippen molar-refractivity contribution in [2.75, 3.05) is 26.1 Å². The number of oxime groups is 1. The van der Waals surface area contributed by atoms with Gasteiger partial charge in [0.1, 0.15) is 6.61 Å². The fraction of sp³-hybridized carbons (Fsp3) is 0.300. The van der Waals surface area contributed by atoms with Crippen molar-refractivity contribution >= 4 is 46.4 Å². The Morgan fingerprint density at radius 3 is 2.58 bits per heavy atom. The average molecular weight is 467 g/mol. The first-order valence-electron chi connectivity index (χ1n) is 9.14. The highest BCUT2D eigenvalue weighted by molar-refractivity contribution is 6.39. The molecule has 9 nitrogen and oxygen atoms in total. The normalized spacial score (nSPS) is 17.4. The third kappa shape index (κ3) is 5.00. The third-order valence-corrected chi connectivity index (χ3v) is 5.11. The molecule has 11 heteroatoms. The van der Waals surface area contributed by atoms with E-state index in [1.165, 1.54) is 32.6 Å². The summed E-state index contributed by atoms with van der Waals surface area (Å²) in [7, 11) is 3.01. The van der Waals surface area contributed by atoms with E-state index in [4.69, 9.17) is 37.5 Å². The van der Waals surface area contributed by atoms with Gasteiger partial charge in [-0.25, -0.2) is 0 Å². The number of halogens is 2. The number of carbonyl (C=O) groups is 2. The molecule has 1 atom stereocenters. The molecule has 2 amide bonds. The van der Waals surface area contributed by atoms with Crippen LogP contribution in [0.3, 0.4) is 0 Å². The Morgan fingerprint density at radius 2 is 1.94 bits per heavy atom. The van der Waals surface area contributed by atoms with E-state index in [0.29, 0.717) is 22.8 Å². The number of benzene rings is 1. The minimum atomic E-state index is -1.08. The molecule has 0 bridgehead atoms. The number of rotatable bonds is 7. The highest BCUT2D eigenvalue weighted by Gasteiger charge is 2.41. The van der Waals surface area contributed by atoms with Crippen LogP contribution in [0.15, 0.2) is 35.7 Å². The van der Waals surface area contributed by atoms with E-state index in [0.717, 1.165) is 0 Å². The highest BCUT2D eigenvalue weighted by atomic mass is 35.5. The first kappa shape index (κ1) is 22.6. The molecule has 0 fully saturated rings. The second-order valence-electron chi connectivity index (χ2n) is 6.82. The van der Waals surface area contributed by atoms with Crippen molar-refractivity contribution in [3.8, 4) is 11.5 Å². The predicted octanol–water partition coefficient (Wildman–Crippen LogP) is 3.31. The molecule has 0 spiro atoms. The molecular weight excluding hydrogens is 447 g/mol. The van der Waals surface area contributed by atoms with Gasteiger partial charge < -0.3 is 24.9 Å². The van der Waals surface area contributed by atoms with Gasteiger partial charge in [-0.15, -0.1) is 0 Å². The standard InChI is InChI=1S/C20H20Cl2N4O5/c1-20(19(28)23-2)7-12(26-31-20)10-30-16-6-11(4-5-15(16)29-3)18(27)25-17-13(21)8-24-9-14(17)22/h4-6,8-9H,7,10H2,1-3H3,(H,23,28)(H,24,25,27). The zero-order chi connectivity index (χ0) is 22.6. The van der Waals surface area contributed by atoms with Crippen molar-refractivity contribution < 1.29 is 23.9 Å². The summed E-state index contributed by atoms with van der Waals surface area (Å²) in [6.07, 6.45) is 3.03. The van der Waals surface area contributed by atoms with Crippen molar-refractivity contribution in [3.63, 3.8) is 0 Å². The van der Waals surface area contributed by atoms with Crippen molar-refractivity contribution in [2.45, 2.75) is 18.9 Å². The maximum atomic E-state index is 12.7. The van der Waals surface area contributed by atoms with Crippen LogP contribution in [0.4, 0.5) is 5.69 Å². The number of pyridine rings is 1. The maximum Gasteiger partial charge on any atom is 0.266 e. The molecular formula is C20H20Cl2N4O5. The summed E-state index contributed by atoms with van der Waals surface area (Å²) in [5, 5.41) is 9.56. The van der Waals surface area contributed by atoms with Gasteiger partial charge in [-0.1, -0.05) is 28.4 Å². The highest BCUT2D eigenvalue weighted by Crippen LogP contribution is 2.32. The van der Waals surface area contributed by atoms with E-state index < -0.39 is 11.5 Å². The van der Waals surface area contributed by atoms with E-state index in [2.05, 4.69) is 20.8 Å². The summed E-state index contributed by atoms with van der Waals surface area (Å²) >= 11 is 12.1. The summed E-state index contributed by atoms with van der Waals surface area (Å²) in [4.78, 5) is 33.8. The number of aromatic nitrogens is 1. The molecule has 2 N–H and O–H groups in total. The number of methoxy groups -OCH3 is 1. The zero-order valence-corrected chi connectivity index (χ0v) is 18.5. The molecule has 1 aromatic carbocycles. The van der Waals surface area contributed by atoms with Gasteiger partial charge in [-0.3, -0.25) is 14.6 Å². The summed E-state index contributed by atoms with van der Waals surface area (Å²) in [5.74, 6) is 0.00981. The van der Waals surface area contributed by atoms with Gasteiger partial charge in [0.15, 0.2) is 11.5 Å². The smallest absolute Gasteiger partial charge is 0.266 e. The lowest BCUT2D eigenvalue weighted by molar-refractivity contribution is -0.141. The number of ether oxygens (including phenoxy) is 2. The van der Waals surface area contributed by atoms with E-state index in [-0.39, 0.29) is 34.7 Å². The molecule has 1 aromatic heterocycles. The summed E-state index contributed by atoms with van der Waals surface area (Å²) in [6, 6.07) is 4.69. The Bertz CT molecular complexity index is 1030. The van der Waals surface area contributed by atoms with Gasteiger partial charge in [-0.2, -0.15) is 0 Å². The van der Waals surface area contributed by atoms with Crippen LogP contribution in [0.25, 0.3) is 0 Å². The summed E-state index contributed by atoms with van der Waals surface area (Å²) < 4.78 is 11.1. The van der Waals surface area contributed by atoms with Gasteiger partial charge in [0.05, 0.1) is 28.6 Å². The number of carbonyl (C=O) groups excluding carboxylic acids is 2. The lowest BCUT2D eigenvalue weighted by Gasteiger charge is -2.18. The molecule has 2 heterocycles. The Labute approximate surface area is 188 Å². The monoisotopic (exact) mass is 466 g/mol. The fourth-order valence-corrected chi connectivity index (χ4v) is 3.35. The second-order valence-corrected chi connectivity index (χ2v) is 7.64. The maximum absolute atomic E-state index is 12.7. The first-order valence-corrected chi connectivity index (χ1v) is 9.90. The number of anilines is 1. The minimum absolute atomic E-state index is 0.0516.